The van der Waals surface area contributed by atoms with Crippen molar-refractivity contribution < 1.29 is 19.8 Å². The van der Waals surface area contributed by atoms with E-state index in [1.54, 1.807) is 0 Å². The fourth-order valence-electron chi connectivity index (χ4n) is 1.44. The van der Waals surface area contributed by atoms with E-state index in [9.17, 15) is 24.0 Å². The molecule has 0 spiro atoms. The Morgan fingerprint density at radius 3 is 2.00 bits per heavy atom. The Labute approximate surface area is 94.5 Å². The second-order valence-electron chi connectivity index (χ2n) is 3.13. The van der Waals surface area contributed by atoms with E-state index in [2.05, 4.69) is 0 Å². The number of imidazole rings is 1. The molecule has 2 aromatic heterocycles. The summed E-state index contributed by atoms with van der Waals surface area (Å²) in [6, 6.07) is 0. The minimum atomic E-state index is -1.95. The van der Waals surface area contributed by atoms with E-state index < -0.39 is 40.3 Å². The van der Waals surface area contributed by atoms with Crippen molar-refractivity contribution in [1.29, 1.82) is 0 Å². The van der Waals surface area contributed by atoms with Crippen molar-refractivity contribution >= 4 is 23.4 Å². The minimum Gasteiger partial charge on any atom is -0.464 e. The van der Waals surface area contributed by atoms with Gasteiger partial charge in [0.25, 0.3) is 5.56 Å². The van der Waals surface area contributed by atoms with Crippen LogP contribution in [0.15, 0.2) is 14.4 Å². The third-order valence-electron chi connectivity index (χ3n) is 2.11. The number of hydrogen-bond donors (Lipinski definition) is 4. The zero-order chi connectivity index (χ0) is 13.6. The molecule has 2 heterocycles. The normalized spacial score (nSPS) is 10.7. The second-order valence-corrected chi connectivity index (χ2v) is 3.13. The number of aromatic nitrogens is 4. The Kier molecular flexibility index (Phi) is 2.18. The van der Waals surface area contributed by atoms with Gasteiger partial charge in [-0.1, -0.05) is 0 Å². The van der Waals surface area contributed by atoms with Gasteiger partial charge in [0, 0.05) is 0 Å². The van der Waals surface area contributed by atoms with Crippen LogP contribution in [-0.4, -0.2) is 41.5 Å². The molecule has 0 bridgehead atoms. The van der Waals surface area contributed by atoms with Crippen LogP contribution >= 0.6 is 0 Å². The van der Waals surface area contributed by atoms with Crippen molar-refractivity contribution in [3.8, 4) is 0 Å². The van der Waals surface area contributed by atoms with Crippen LogP contribution in [0.25, 0.3) is 11.2 Å². The first-order valence-corrected chi connectivity index (χ1v) is 4.31. The third-order valence-corrected chi connectivity index (χ3v) is 2.11. The smallest absolute Gasteiger partial charge is 0.422 e. The lowest BCUT2D eigenvalue weighted by Crippen LogP contribution is -2.45. The standard InChI is InChI=1S/C7H4N4O7/c12-3-1-2(9-4(13)8-1)10(6(15)16)5(14)11(3)7(17)18/h(H,15,16)(H,17,18)(H2,8,9,13). The Morgan fingerprint density at radius 1 is 0.944 bits per heavy atom. The molecule has 11 nitrogen and oxygen atoms in total. The summed E-state index contributed by atoms with van der Waals surface area (Å²) in [4.78, 5) is 59.5. The highest BCUT2D eigenvalue weighted by Gasteiger charge is 2.22. The van der Waals surface area contributed by atoms with Gasteiger partial charge < -0.3 is 10.2 Å². The molecule has 0 fully saturated rings. The molecule has 0 radical (unpaired) electrons. The van der Waals surface area contributed by atoms with Gasteiger partial charge in [-0.25, -0.2) is 19.2 Å². The van der Waals surface area contributed by atoms with Crippen LogP contribution in [0.3, 0.4) is 0 Å². The largest absolute Gasteiger partial charge is 0.464 e. The molecule has 0 saturated carbocycles. The number of carboxylic acid groups (broad SMARTS) is 2. The molecule has 0 saturated heterocycles. The van der Waals surface area contributed by atoms with Gasteiger partial charge in [-0.05, 0) is 0 Å². The van der Waals surface area contributed by atoms with Crippen LogP contribution in [0, 0.1) is 0 Å². The van der Waals surface area contributed by atoms with E-state index in [1.165, 1.54) is 0 Å². The first-order chi connectivity index (χ1) is 8.34. The fourth-order valence-corrected chi connectivity index (χ4v) is 1.44. The molecular weight excluding hydrogens is 252 g/mol. The van der Waals surface area contributed by atoms with Crippen molar-refractivity contribution in [3.63, 3.8) is 0 Å². The van der Waals surface area contributed by atoms with Crippen molar-refractivity contribution in [2.24, 2.45) is 0 Å². The summed E-state index contributed by atoms with van der Waals surface area (Å²) in [7, 11) is 0. The minimum absolute atomic E-state index is 0.0528. The Balaban J connectivity index is 3.22. The summed E-state index contributed by atoms with van der Waals surface area (Å²) in [6.45, 7) is 0. The zero-order valence-corrected chi connectivity index (χ0v) is 8.33. The molecule has 0 aromatic carbocycles. The van der Waals surface area contributed by atoms with E-state index in [0.29, 0.717) is 0 Å². The molecule has 2 rings (SSSR count). The number of rotatable bonds is 0. The van der Waals surface area contributed by atoms with Crippen molar-refractivity contribution in [1.82, 2.24) is 19.1 Å². The van der Waals surface area contributed by atoms with E-state index in [0.717, 1.165) is 0 Å². The average molecular weight is 256 g/mol. The van der Waals surface area contributed by atoms with Gasteiger partial charge in [-0.3, -0.25) is 14.8 Å². The van der Waals surface area contributed by atoms with E-state index in [-0.39, 0.29) is 9.13 Å². The van der Waals surface area contributed by atoms with Gasteiger partial charge in [0.1, 0.15) is 0 Å². The summed E-state index contributed by atoms with van der Waals surface area (Å²) in [5.41, 5.74) is -5.12. The van der Waals surface area contributed by atoms with Crippen molar-refractivity contribution in [2.75, 3.05) is 0 Å². The highest BCUT2D eigenvalue weighted by Crippen LogP contribution is 1.98. The summed E-state index contributed by atoms with van der Waals surface area (Å²) in [6.07, 6.45) is -3.79. The Morgan fingerprint density at radius 2 is 1.50 bits per heavy atom. The Bertz CT molecular complexity index is 847. The molecule has 0 atom stereocenters. The maximum atomic E-state index is 11.6. The first kappa shape index (κ1) is 11.4. The number of nitrogens with zero attached hydrogens (tertiary/aromatic N) is 2. The lowest BCUT2D eigenvalue weighted by molar-refractivity contribution is 0.190. The number of carbonyl (C=O) groups is 2. The van der Waals surface area contributed by atoms with Gasteiger partial charge in [0.2, 0.25) is 0 Å². The van der Waals surface area contributed by atoms with Crippen LogP contribution in [0.4, 0.5) is 9.59 Å². The maximum Gasteiger partial charge on any atom is 0.422 e. The van der Waals surface area contributed by atoms with E-state index in [1.807, 2.05) is 9.97 Å². The van der Waals surface area contributed by atoms with Gasteiger partial charge in [-0.15, -0.1) is 0 Å². The number of nitrogens with one attached hydrogen (secondary N) is 2. The topological polar surface area (TPSA) is 167 Å². The summed E-state index contributed by atoms with van der Waals surface area (Å²) >= 11 is 0. The molecule has 0 unspecified atom stereocenters. The molecule has 94 valence electrons. The molecule has 18 heavy (non-hydrogen) atoms. The van der Waals surface area contributed by atoms with Crippen LogP contribution in [-0.2, 0) is 0 Å². The second kappa shape index (κ2) is 3.44. The lowest BCUT2D eigenvalue weighted by Gasteiger charge is -2.03. The van der Waals surface area contributed by atoms with E-state index in [4.69, 9.17) is 10.2 Å². The maximum absolute atomic E-state index is 11.6. The molecular formula is C7H4N4O7. The number of fused-ring (bicyclic) bond motifs is 1. The van der Waals surface area contributed by atoms with E-state index >= 15 is 0 Å². The predicted molar refractivity (Wildman–Crippen MR) is 54.3 cm³/mol. The van der Waals surface area contributed by atoms with Gasteiger partial charge in [0.15, 0.2) is 11.2 Å². The van der Waals surface area contributed by atoms with Gasteiger partial charge >= 0.3 is 23.6 Å². The molecule has 4 N–H and O–H groups in total. The number of hydrogen-bond acceptors (Lipinski definition) is 5. The Hall–Kier alpha value is -3.11. The quantitative estimate of drug-likeness (QED) is 0.432. The van der Waals surface area contributed by atoms with Crippen LogP contribution in [0.2, 0.25) is 0 Å². The van der Waals surface area contributed by atoms with Crippen LogP contribution in [0.5, 0.6) is 0 Å². The lowest BCUT2D eigenvalue weighted by atomic mass is 10.5. The molecule has 0 amide bonds. The van der Waals surface area contributed by atoms with Crippen LogP contribution in [0.1, 0.15) is 0 Å². The zero-order valence-electron chi connectivity index (χ0n) is 8.33. The van der Waals surface area contributed by atoms with Crippen molar-refractivity contribution in [3.05, 3.63) is 31.3 Å². The molecule has 0 aliphatic rings. The molecule has 0 aliphatic heterocycles. The molecule has 2 aromatic rings. The monoisotopic (exact) mass is 256 g/mol. The highest BCUT2D eigenvalue weighted by molar-refractivity contribution is 5.83. The predicted octanol–water partition coefficient (Wildman–Crippen LogP) is -1.77. The number of aromatic amines is 2. The SMILES string of the molecule is O=C(O)n1c(=O)c2[nH]c(=O)[nH]c2n(C(=O)O)c1=O. The molecule has 11 heteroatoms. The molecule has 0 aliphatic carbocycles. The van der Waals surface area contributed by atoms with Crippen LogP contribution < -0.4 is 16.9 Å². The van der Waals surface area contributed by atoms with Crippen molar-refractivity contribution in [2.45, 2.75) is 0 Å². The summed E-state index contributed by atoms with van der Waals surface area (Å²) in [5, 5.41) is 17.5. The average Bonchev–Trinajstić information content (AvgIpc) is 2.58. The van der Waals surface area contributed by atoms with Gasteiger partial charge in [0.05, 0.1) is 0 Å². The third kappa shape index (κ3) is 1.34. The van der Waals surface area contributed by atoms with Gasteiger partial charge in [-0.2, -0.15) is 9.13 Å². The fraction of sp³-hybridized carbons (Fsp3) is 0. The summed E-state index contributed by atoms with van der Waals surface area (Å²) < 4.78 is -0.372. The highest BCUT2D eigenvalue weighted by atomic mass is 16.4. The first-order valence-electron chi connectivity index (χ1n) is 4.31. The summed E-state index contributed by atoms with van der Waals surface area (Å²) in [5.74, 6) is 0. The number of H-pyrrole nitrogens is 2.